The van der Waals surface area contributed by atoms with E-state index in [0.717, 1.165) is 4.88 Å². The third-order valence-corrected chi connectivity index (χ3v) is 4.66. The second-order valence-corrected chi connectivity index (χ2v) is 5.57. The first kappa shape index (κ1) is 10.3. The molecule has 0 fully saturated rings. The van der Waals surface area contributed by atoms with Crippen molar-refractivity contribution in [3.63, 3.8) is 0 Å². The zero-order valence-corrected chi connectivity index (χ0v) is 10.2. The zero-order valence-electron chi connectivity index (χ0n) is 8.61. The minimum atomic E-state index is -0.797. The molecule has 1 aromatic carbocycles. The number of halogens is 1. The maximum Gasteiger partial charge on any atom is 0.108 e. The average Bonchev–Trinajstić information content (AvgIpc) is 2.81. The molecule has 0 spiro atoms. The third kappa shape index (κ3) is 1.49. The summed E-state index contributed by atoms with van der Waals surface area (Å²) in [5, 5.41) is 13.3. The largest absolute Gasteiger partial charge is 0.384 e. The maximum atomic E-state index is 10.7. The molecule has 0 atom stereocenters. The van der Waals surface area contributed by atoms with Gasteiger partial charge in [-0.05, 0) is 22.6 Å². The molecule has 1 N–H and O–H groups in total. The summed E-state index contributed by atoms with van der Waals surface area (Å²) < 4.78 is 0. The number of hydrogen-bond acceptors (Lipinski definition) is 2. The van der Waals surface area contributed by atoms with Crippen LogP contribution in [-0.4, -0.2) is 5.11 Å². The summed E-state index contributed by atoms with van der Waals surface area (Å²) in [6.07, 6.45) is 1.34. The molecule has 1 aromatic heterocycles. The summed E-state index contributed by atoms with van der Waals surface area (Å²) in [7, 11) is 0. The Hall–Kier alpha value is -0.830. The summed E-state index contributed by atoms with van der Waals surface area (Å²) in [5.41, 5.74) is 1.67. The Bertz CT molecular complexity index is 507. The minimum absolute atomic E-state index is 0.670. The number of hydrogen-bond donors (Lipinski definition) is 1. The van der Waals surface area contributed by atoms with Gasteiger partial charge in [-0.25, -0.2) is 0 Å². The van der Waals surface area contributed by atoms with Crippen molar-refractivity contribution in [2.75, 3.05) is 0 Å². The standard InChI is InChI=1S/C13H11ClOS/c14-11-5-6-16-12(11)13(15)7-9-3-1-2-4-10(9)8-13/h1-6,15H,7-8H2. The normalized spacial score (nSPS) is 17.4. The third-order valence-electron chi connectivity index (χ3n) is 3.12. The highest BCUT2D eigenvalue weighted by molar-refractivity contribution is 7.10. The molecule has 0 unspecified atom stereocenters. The van der Waals surface area contributed by atoms with Crippen molar-refractivity contribution in [3.05, 3.63) is 56.7 Å². The molecule has 1 aliphatic rings. The van der Waals surface area contributed by atoms with Gasteiger partial charge in [0.15, 0.2) is 0 Å². The van der Waals surface area contributed by atoms with Crippen LogP contribution in [0, 0.1) is 0 Å². The second-order valence-electron chi connectivity index (χ2n) is 4.25. The lowest BCUT2D eigenvalue weighted by molar-refractivity contribution is 0.0522. The first-order valence-electron chi connectivity index (χ1n) is 5.22. The van der Waals surface area contributed by atoms with Gasteiger partial charge in [0.25, 0.3) is 0 Å². The molecule has 1 aliphatic carbocycles. The van der Waals surface area contributed by atoms with Crippen molar-refractivity contribution in [2.24, 2.45) is 0 Å². The molecule has 2 aromatic rings. The van der Waals surface area contributed by atoms with E-state index in [4.69, 9.17) is 11.6 Å². The van der Waals surface area contributed by atoms with Gasteiger partial charge in [0, 0.05) is 12.8 Å². The molecule has 1 nitrogen and oxygen atoms in total. The van der Waals surface area contributed by atoms with Gasteiger partial charge in [0.1, 0.15) is 5.60 Å². The van der Waals surface area contributed by atoms with E-state index in [9.17, 15) is 5.11 Å². The molecule has 3 heteroatoms. The molecule has 0 amide bonds. The summed E-state index contributed by atoms with van der Waals surface area (Å²) in [4.78, 5) is 0.894. The van der Waals surface area contributed by atoms with Gasteiger partial charge < -0.3 is 5.11 Å². The van der Waals surface area contributed by atoms with Crippen molar-refractivity contribution < 1.29 is 5.11 Å². The Balaban J connectivity index is 2.04. The van der Waals surface area contributed by atoms with Crippen LogP contribution in [0.3, 0.4) is 0 Å². The van der Waals surface area contributed by atoms with E-state index in [0.29, 0.717) is 17.9 Å². The van der Waals surface area contributed by atoms with Gasteiger partial charge in [-0.15, -0.1) is 11.3 Å². The number of benzene rings is 1. The monoisotopic (exact) mass is 250 g/mol. The second kappa shape index (κ2) is 3.59. The van der Waals surface area contributed by atoms with E-state index in [1.54, 1.807) is 0 Å². The highest BCUT2D eigenvalue weighted by Gasteiger charge is 2.38. The maximum absolute atomic E-state index is 10.7. The van der Waals surface area contributed by atoms with E-state index in [-0.39, 0.29) is 0 Å². The summed E-state index contributed by atoms with van der Waals surface area (Å²) in [6.45, 7) is 0. The molecule has 0 aliphatic heterocycles. The fourth-order valence-electron chi connectivity index (χ4n) is 2.38. The average molecular weight is 251 g/mol. The van der Waals surface area contributed by atoms with Crippen LogP contribution in [-0.2, 0) is 18.4 Å². The van der Waals surface area contributed by atoms with Gasteiger partial charge in [0.2, 0.25) is 0 Å². The number of aliphatic hydroxyl groups is 1. The van der Waals surface area contributed by atoms with Crippen LogP contribution in [0.15, 0.2) is 35.7 Å². The van der Waals surface area contributed by atoms with Crippen LogP contribution in [0.25, 0.3) is 0 Å². The Morgan fingerprint density at radius 3 is 2.25 bits per heavy atom. The molecule has 0 radical (unpaired) electrons. The Morgan fingerprint density at radius 2 is 1.75 bits per heavy atom. The van der Waals surface area contributed by atoms with Gasteiger partial charge in [0.05, 0.1) is 9.90 Å². The molecule has 16 heavy (non-hydrogen) atoms. The molecule has 82 valence electrons. The predicted octanol–water partition coefficient (Wildman–Crippen LogP) is 3.39. The molecular formula is C13H11ClOS. The van der Waals surface area contributed by atoms with Crippen LogP contribution < -0.4 is 0 Å². The molecule has 0 bridgehead atoms. The van der Waals surface area contributed by atoms with Crippen molar-refractivity contribution >= 4 is 22.9 Å². The summed E-state index contributed by atoms with van der Waals surface area (Å²) in [6, 6.07) is 10.0. The SMILES string of the molecule is OC1(c2sccc2Cl)Cc2ccccc2C1. The van der Waals surface area contributed by atoms with E-state index < -0.39 is 5.60 Å². The zero-order chi connectivity index (χ0) is 11.2. The van der Waals surface area contributed by atoms with E-state index in [1.807, 2.05) is 23.6 Å². The van der Waals surface area contributed by atoms with Crippen molar-refractivity contribution in [2.45, 2.75) is 18.4 Å². The number of fused-ring (bicyclic) bond motifs is 1. The molecule has 0 saturated heterocycles. The minimum Gasteiger partial charge on any atom is -0.384 e. The smallest absolute Gasteiger partial charge is 0.108 e. The summed E-state index contributed by atoms with van der Waals surface area (Å²) >= 11 is 7.64. The first-order valence-corrected chi connectivity index (χ1v) is 6.47. The lowest BCUT2D eigenvalue weighted by Crippen LogP contribution is -2.25. The van der Waals surface area contributed by atoms with Gasteiger partial charge >= 0.3 is 0 Å². The van der Waals surface area contributed by atoms with Gasteiger partial charge in [-0.1, -0.05) is 35.9 Å². The van der Waals surface area contributed by atoms with Crippen molar-refractivity contribution in [1.82, 2.24) is 0 Å². The molecule has 3 rings (SSSR count). The van der Waals surface area contributed by atoms with Crippen molar-refractivity contribution in [3.8, 4) is 0 Å². The fraction of sp³-hybridized carbons (Fsp3) is 0.231. The number of thiophene rings is 1. The van der Waals surface area contributed by atoms with Crippen LogP contribution in [0.4, 0.5) is 0 Å². The van der Waals surface area contributed by atoms with Crippen molar-refractivity contribution in [1.29, 1.82) is 0 Å². The first-order chi connectivity index (χ1) is 7.69. The Morgan fingerprint density at radius 1 is 1.12 bits per heavy atom. The van der Waals surface area contributed by atoms with E-state index in [1.165, 1.54) is 22.5 Å². The molecule has 1 heterocycles. The summed E-state index contributed by atoms with van der Waals surface area (Å²) in [5.74, 6) is 0. The highest BCUT2D eigenvalue weighted by atomic mass is 35.5. The molecule has 0 saturated carbocycles. The van der Waals surface area contributed by atoms with E-state index in [2.05, 4.69) is 12.1 Å². The lowest BCUT2D eigenvalue weighted by Gasteiger charge is -2.21. The fourth-order valence-corrected chi connectivity index (χ4v) is 3.71. The van der Waals surface area contributed by atoms with Gasteiger partial charge in [-0.2, -0.15) is 0 Å². The predicted molar refractivity (Wildman–Crippen MR) is 67.1 cm³/mol. The van der Waals surface area contributed by atoms with Crippen LogP contribution >= 0.6 is 22.9 Å². The molecular weight excluding hydrogens is 240 g/mol. The van der Waals surface area contributed by atoms with Crippen LogP contribution in [0.5, 0.6) is 0 Å². The topological polar surface area (TPSA) is 20.2 Å². The van der Waals surface area contributed by atoms with Gasteiger partial charge in [-0.3, -0.25) is 0 Å². The lowest BCUT2D eigenvalue weighted by atomic mass is 9.98. The van der Waals surface area contributed by atoms with E-state index >= 15 is 0 Å². The Labute approximate surface area is 103 Å². The quantitative estimate of drug-likeness (QED) is 0.823. The highest BCUT2D eigenvalue weighted by Crippen LogP contribution is 2.42. The van der Waals surface area contributed by atoms with Crippen LogP contribution in [0.1, 0.15) is 16.0 Å². The van der Waals surface area contributed by atoms with Crippen LogP contribution in [0.2, 0.25) is 5.02 Å². The Kier molecular flexibility index (Phi) is 2.32. The number of rotatable bonds is 1.